The van der Waals surface area contributed by atoms with Crippen LogP contribution >= 0.6 is 0 Å². The van der Waals surface area contributed by atoms with Gasteiger partial charge in [0.05, 0.1) is 10.3 Å². The third kappa shape index (κ3) is 3.20. The summed E-state index contributed by atoms with van der Waals surface area (Å²) in [6.45, 7) is 9.31. The van der Waals surface area contributed by atoms with Gasteiger partial charge in [0, 0.05) is 44.1 Å². The van der Waals surface area contributed by atoms with Gasteiger partial charge in [0.1, 0.15) is 0 Å². The molecule has 2 aromatic carbocycles. The molecule has 0 unspecified atom stereocenters. The Labute approximate surface area is 179 Å². The Hall–Kier alpha value is -2.38. The van der Waals surface area contributed by atoms with Crippen LogP contribution in [-0.2, 0) is 20.2 Å². The van der Waals surface area contributed by atoms with Crippen molar-refractivity contribution in [2.45, 2.75) is 44.0 Å². The van der Waals surface area contributed by atoms with Crippen LogP contribution in [0.5, 0.6) is 0 Å². The maximum Gasteiger partial charge on any atom is 0.243 e. The molecule has 2 aliphatic heterocycles. The fourth-order valence-corrected chi connectivity index (χ4v) is 6.13. The number of piperazine rings is 1. The normalized spacial score (nSPS) is 21.8. The van der Waals surface area contributed by atoms with Crippen LogP contribution in [0.1, 0.15) is 31.9 Å². The van der Waals surface area contributed by atoms with E-state index in [1.165, 1.54) is 5.56 Å². The minimum atomic E-state index is -3.64. The molecule has 0 aliphatic carbocycles. The van der Waals surface area contributed by atoms with Gasteiger partial charge in [0.2, 0.25) is 15.9 Å². The smallest absolute Gasteiger partial charge is 0.243 e. The minimum absolute atomic E-state index is 0.0209. The fraction of sp³-hybridized carbons (Fsp3) is 0.435. The van der Waals surface area contributed by atoms with Gasteiger partial charge in [0.25, 0.3) is 0 Å². The molecule has 2 aliphatic rings. The molecule has 7 heteroatoms. The SMILES string of the molecule is Cc1cccc(N2CCN(S(=O)(=O)c3ccc4c(c3)C(C)(C)C(=O)N4C)C[C@H]2C)c1. The summed E-state index contributed by atoms with van der Waals surface area (Å²) in [5.41, 5.74) is 3.13. The van der Waals surface area contributed by atoms with Gasteiger partial charge in [-0.05, 0) is 69.2 Å². The monoisotopic (exact) mass is 427 g/mol. The van der Waals surface area contributed by atoms with Crippen molar-refractivity contribution in [1.82, 2.24) is 4.31 Å². The number of carbonyl (C=O) groups is 1. The van der Waals surface area contributed by atoms with Crippen molar-refractivity contribution < 1.29 is 13.2 Å². The van der Waals surface area contributed by atoms with E-state index < -0.39 is 15.4 Å². The van der Waals surface area contributed by atoms with E-state index in [-0.39, 0.29) is 16.8 Å². The second-order valence-electron chi connectivity index (χ2n) is 8.91. The van der Waals surface area contributed by atoms with Crippen LogP contribution in [-0.4, -0.2) is 51.4 Å². The molecule has 0 saturated carbocycles. The maximum atomic E-state index is 13.4. The summed E-state index contributed by atoms with van der Waals surface area (Å²) in [6, 6.07) is 13.4. The first-order chi connectivity index (χ1) is 14.0. The summed E-state index contributed by atoms with van der Waals surface area (Å²) >= 11 is 0. The molecular weight excluding hydrogens is 398 g/mol. The molecule has 0 aromatic heterocycles. The molecule has 1 amide bonds. The number of likely N-dealkylation sites (N-methyl/N-ethyl adjacent to an activating group) is 1. The summed E-state index contributed by atoms with van der Waals surface area (Å²) in [7, 11) is -1.91. The topological polar surface area (TPSA) is 60.9 Å². The highest BCUT2D eigenvalue weighted by atomic mass is 32.2. The first kappa shape index (κ1) is 20.9. The molecule has 6 nitrogen and oxygen atoms in total. The lowest BCUT2D eigenvalue weighted by molar-refractivity contribution is -0.121. The second-order valence-corrected chi connectivity index (χ2v) is 10.9. The van der Waals surface area contributed by atoms with E-state index in [1.54, 1.807) is 34.5 Å². The predicted molar refractivity (Wildman–Crippen MR) is 120 cm³/mol. The van der Waals surface area contributed by atoms with E-state index in [0.717, 1.165) is 16.9 Å². The zero-order chi connectivity index (χ0) is 21.8. The Morgan fingerprint density at radius 1 is 1.07 bits per heavy atom. The third-order valence-corrected chi connectivity index (χ3v) is 8.26. The molecule has 0 bridgehead atoms. The summed E-state index contributed by atoms with van der Waals surface area (Å²) in [5.74, 6) is -0.0209. The van der Waals surface area contributed by atoms with Crippen molar-refractivity contribution in [3.63, 3.8) is 0 Å². The number of aryl methyl sites for hydroxylation is 1. The van der Waals surface area contributed by atoms with Gasteiger partial charge in [-0.1, -0.05) is 12.1 Å². The third-order valence-electron chi connectivity index (χ3n) is 6.40. The lowest BCUT2D eigenvalue weighted by atomic mass is 9.86. The summed E-state index contributed by atoms with van der Waals surface area (Å²) in [4.78, 5) is 16.7. The minimum Gasteiger partial charge on any atom is -0.366 e. The van der Waals surface area contributed by atoms with E-state index >= 15 is 0 Å². The molecule has 4 rings (SSSR count). The Morgan fingerprint density at radius 2 is 1.80 bits per heavy atom. The number of carbonyl (C=O) groups excluding carboxylic acids is 1. The van der Waals surface area contributed by atoms with Crippen molar-refractivity contribution in [3.05, 3.63) is 53.6 Å². The van der Waals surface area contributed by atoms with Gasteiger partial charge in [-0.25, -0.2) is 8.42 Å². The van der Waals surface area contributed by atoms with E-state index in [1.807, 2.05) is 19.9 Å². The average Bonchev–Trinajstić information content (AvgIpc) is 2.88. The standard InChI is InChI=1S/C23H29N3O3S/c1-16-7-6-8-18(13-16)26-12-11-25(15-17(26)2)30(28,29)19-9-10-21-20(14-19)23(3,4)22(27)24(21)5/h6-10,13-14,17H,11-12,15H2,1-5H3/t17-/m1/s1. The van der Waals surface area contributed by atoms with E-state index in [4.69, 9.17) is 0 Å². The van der Waals surface area contributed by atoms with Crippen LogP contribution in [0.3, 0.4) is 0 Å². The molecule has 30 heavy (non-hydrogen) atoms. The molecule has 1 saturated heterocycles. The zero-order valence-electron chi connectivity index (χ0n) is 18.2. The molecule has 160 valence electrons. The first-order valence-corrected chi connectivity index (χ1v) is 11.7. The number of nitrogens with zero attached hydrogens (tertiary/aromatic N) is 3. The fourth-order valence-electron chi connectivity index (χ4n) is 4.59. The Bertz CT molecular complexity index is 1110. The Balaban J connectivity index is 1.60. The highest BCUT2D eigenvalue weighted by Gasteiger charge is 2.43. The van der Waals surface area contributed by atoms with Crippen molar-refractivity contribution in [3.8, 4) is 0 Å². The average molecular weight is 428 g/mol. The Kier molecular flexibility index (Phi) is 4.94. The molecule has 1 fully saturated rings. The first-order valence-electron chi connectivity index (χ1n) is 10.3. The van der Waals surface area contributed by atoms with Crippen LogP contribution in [0.25, 0.3) is 0 Å². The van der Waals surface area contributed by atoms with Crippen molar-refractivity contribution >= 4 is 27.3 Å². The maximum absolute atomic E-state index is 13.4. The summed E-state index contributed by atoms with van der Waals surface area (Å²) < 4.78 is 28.4. The highest BCUT2D eigenvalue weighted by Crippen LogP contribution is 2.42. The van der Waals surface area contributed by atoms with Crippen LogP contribution in [0.15, 0.2) is 47.4 Å². The van der Waals surface area contributed by atoms with E-state index in [0.29, 0.717) is 19.6 Å². The van der Waals surface area contributed by atoms with Crippen molar-refractivity contribution in [2.24, 2.45) is 0 Å². The quantitative estimate of drug-likeness (QED) is 0.755. The molecule has 0 spiro atoms. The number of anilines is 2. The second kappa shape index (κ2) is 7.10. The predicted octanol–water partition coefficient (Wildman–Crippen LogP) is 3.15. The van der Waals surface area contributed by atoms with E-state index in [2.05, 4.69) is 36.9 Å². The molecule has 2 aromatic rings. The summed E-state index contributed by atoms with van der Waals surface area (Å²) in [6.07, 6.45) is 0. The Morgan fingerprint density at radius 3 is 2.47 bits per heavy atom. The molecule has 1 atom stereocenters. The van der Waals surface area contributed by atoms with E-state index in [9.17, 15) is 13.2 Å². The van der Waals surface area contributed by atoms with Gasteiger partial charge in [-0.3, -0.25) is 4.79 Å². The van der Waals surface area contributed by atoms with Crippen LogP contribution in [0.4, 0.5) is 11.4 Å². The van der Waals surface area contributed by atoms with Gasteiger partial charge < -0.3 is 9.80 Å². The number of sulfonamides is 1. The number of hydrogen-bond donors (Lipinski definition) is 0. The van der Waals surface area contributed by atoms with Gasteiger partial charge in [-0.2, -0.15) is 4.31 Å². The van der Waals surface area contributed by atoms with Crippen LogP contribution in [0.2, 0.25) is 0 Å². The number of amides is 1. The molecule has 0 N–H and O–H groups in total. The lowest BCUT2D eigenvalue weighted by Crippen LogP contribution is -2.53. The largest absolute Gasteiger partial charge is 0.366 e. The molecular formula is C23H29N3O3S. The number of hydrogen-bond acceptors (Lipinski definition) is 4. The van der Waals surface area contributed by atoms with Gasteiger partial charge in [-0.15, -0.1) is 0 Å². The summed E-state index contributed by atoms with van der Waals surface area (Å²) in [5, 5.41) is 0. The van der Waals surface area contributed by atoms with Crippen LogP contribution < -0.4 is 9.80 Å². The lowest BCUT2D eigenvalue weighted by Gasteiger charge is -2.40. The number of rotatable bonds is 3. The van der Waals surface area contributed by atoms with Crippen molar-refractivity contribution in [1.29, 1.82) is 0 Å². The molecule has 0 radical (unpaired) electrons. The number of benzene rings is 2. The zero-order valence-corrected chi connectivity index (χ0v) is 19.0. The number of fused-ring (bicyclic) bond motifs is 1. The molecule has 2 heterocycles. The van der Waals surface area contributed by atoms with Crippen molar-refractivity contribution in [2.75, 3.05) is 36.5 Å². The highest BCUT2D eigenvalue weighted by molar-refractivity contribution is 7.89. The van der Waals surface area contributed by atoms with Gasteiger partial charge in [0.15, 0.2) is 0 Å². The van der Waals surface area contributed by atoms with Crippen LogP contribution in [0, 0.1) is 6.92 Å². The van der Waals surface area contributed by atoms with Gasteiger partial charge >= 0.3 is 0 Å².